The standard InChI is InChI=1S/C16H11F3IN3O4/c1-25-15(24)13-12(20)10-7-9(4-6-23(10)22-13)27-14-11(3-2-5-21-14)26-8-16(17,18)19/h2-7H,8H2,1H3. The molecule has 0 N–H and O–H groups in total. The van der Waals surface area contributed by atoms with E-state index in [1.165, 1.54) is 36.0 Å². The molecular weight excluding hydrogens is 482 g/mol. The minimum absolute atomic E-state index is 0.117. The van der Waals surface area contributed by atoms with E-state index in [1.807, 2.05) is 22.6 Å². The van der Waals surface area contributed by atoms with Crippen molar-refractivity contribution in [3.63, 3.8) is 0 Å². The lowest BCUT2D eigenvalue weighted by Crippen LogP contribution is -2.19. The first-order valence-electron chi connectivity index (χ1n) is 7.37. The highest BCUT2D eigenvalue weighted by Gasteiger charge is 2.29. The van der Waals surface area contributed by atoms with E-state index < -0.39 is 18.8 Å². The molecule has 7 nitrogen and oxygen atoms in total. The number of rotatable bonds is 5. The fraction of sp³-hybridized carbons (Fsp3) is 0.188. The van der Waals surface area contributed by atoms with Gasteiger partial charge in [-0.2, -0.15) is 18.3 Å². The van der Waals surface area contributed by atoms with Crippen LogP contribution in [-0.4, -0.2) is 40.5 Å². The Labute approximate surface area is 164 Å². The Morgan fingerprint density at radius 3 is 2.81 bits per heavy atom. The Kier molecular flexibility index (Phi) is 5.39. The molecule has 0 aliphatic heterocycles. The topological polar surface area (TPSA) is 75.0 Å². The predicted molar refractivity (Wildman–Crippen MR) is 95.1 cm³/mol. The van der Waals surface area contributed by atoms with Crippen LogP contribution in [0.1, 0.15) is 10.5 Å². The van der Waals surface area contributed by atoms with Crippen molar-refractivity contribution in [3.05, 3.63) is 45.9 Å². The first kappa shape index (κ1) is 19.2. The molecule has 0 saturated heterocycles. The number of methoxy groups -OCH3 is 1. The Bertz CT molecular complexity index is 991. The van der Waals surface area contributed by atoms with Gasteiger partial charge in [0.25, 0.3) is 5.88 Å². The zero-order valence-electron chi connectivity index (χ0n) is 13.7. The lowest BCUT2D eigenvalue weighted by molar-refractivity contribution is -0.153. The lowest BCUT2D eigenvalue weighted by atomic mass is 10.3. The van der Waals surface area contributed by atoms with Crippen molar-refractivity contribution in [2.24, 2.45) is 0 Å². The summed E-state index contributed by atoms with van der Waals surface area (Å²) >= 11 is 1.94. The summed E-state index contributed by atoms with van der Waals surface area (Å²) in [5.41, 5.74) is 0.699. The summed E-state index contributed by atoms with van der Waals surface area (Å²) in [5, 5.41) is 4.12. The molecule has 0 spiro atoms. The van der Waals surface area contributed by atoms with Gasteiger partial charge < -0.3 is 14.2 Å². The molecule has 0 aliphatic rings. The number of carbonyl (C=O) groups excluding carboxylic acids is 1. The number of pyridine rings is 2. The second-order valence-electron chi connectivity index (χ2n) is 5.16. The van der Waals surface area contributed by atoms with E-state index in [-0.39, 0.29) is 23.1 Å². The molecule has 3 heterocycles. The van der Waals surface area contributed by atoms with Crippen molar-refractivity contribution in [1.82, 2.24) is 14.6 Å². The highest BCUT2D eigenvalue weighted by molar-refractivity contribution is 14.1. The number of fused-ring (bicyclic) bond motifs is 1. The van der Waals surface area contributed by atoms with Crippen molar-refractivity contribution in [2.75, 3.05) is 13.7 Å². The summed E-state index contributed by atoms with van der Waals surface area (Å²) in [5.74, 6) is -0.563. The SMILES string of the molecule is COC(=O)c1nn2ccc(Oc3ncccc3OCC(F)(F)F)cc2c1I. The van der Waals surface area contributed by atoms with E-state index >= 15 is 0 Å². The van der Waals surface area contributed by atoms with Crippen LogP contribution < -0.4 is 9.47 Å². The molecule has 3 rings (SSSR count). The summed E-state index contributed by atoms with van der Waals surface area (Å²) < 4.78 is 54.1. The third kappa shape index (κ3) is 4.40. The minimum Gasteiger partial charge on any atom is -0.478 e. The molecule has 3 aromatic heterocycles. The van der Waals surface area contributed by atoms with Gasteiger partial charge in [0.2, 0.25) is 0 Å². The molecule has 3 aromatic rings. The molecule has 0 unspecified atom stereocenters. The van der Waals surface area contributed by atoms with E-state index in [0.717, 1.165) is 0 Å². The Morgan fingerprint density at radius 2 is 2.11 bits per heavy atom. The van der Waals surface area contributed by atoms with Crippen LogP contribution in [0.5, 0.6) is 17.4 Å². The maximum absolute atomic E-state index is 12.4. The van der Waals surface area contributed by atoms with Gasteiger partial charge >= 0.3 is 12.1 Å². The third-order valence-corrected chi connectivity index (χ3v) is 4.33. The van der Waals surface area contributed by atoms with Gasteiger partial charge in [-0.25, -0.2) is 14.3 Å². The van der Waals surface area contributed by atoms with Crippen molar-refractivity contribution in [3.8, 4) is 17.4 Å². The van der Waals surface area contributed by atoms with Gasteiger partial charge in [-0.15, -0.1) is 0 Å². The number of carbonyl (C=O) groups is 1. The van der Waals surface area contributed by atoms with Crippen LogP contribution in [0.4, 0.5) is 13.2 Å². The largest absolute Gasteiger partial charge is 0.478 e. The smallest absolute Gasteiger partial charge is 0.422 e. The molecule has 0 amide bonds. The van der Waals surface area contributed by atoms with Gasteiger partial charge in [-0.05, 0) is 40.8 Å². The van der Waals surface area contributed by atoms with Gasteiger partial charge in [0, 0.05) is 18.5 Å². The average Bonchev–Trinajstić information content (AvgIpc) is 2.96. The summed E-state index contributed by atoms with van der Waals surface area (Å²) in [6.45, 7) is -1.46. The number of halogens is 4. The molecule has 0 saturated carbocycles. The highest BCUT2D eigenvalue weighted by Crippen LogP contribution is 2.31. The van der Waals surface area contributed by atoms with Gasteiger partial charge in [0.1, 0.15) is 5.75 Å². The predicted octanol–water partition coefficient (Wildman–Crippen LogP) is 3.85. The molecule has 0 bridgehead atoms. The van der Waals surface area contributed by atoms with Crippen molar-refractivity contribution in [2.45, 2.75) is 6.18 Å². The van der Waals surface area contributed by atoms with Gasteiger partial charge in [-0.3, -0.25) is 0 Å². The van der Waals surface area contributed by atoms with Crippen LogP contribution >= 0.6 is 22.6 Å². The average molecular weight is 493 g/mol. The van der Waals surface area contributed by atoms with E-state index in [0.29, 0.717) is 9.09 Å². The normalized spacial score (nSPS) is 11.4. The molecule has 0 radical (unpaired) electrons. The van der Waals surface area contributed by atoms with Crippen LogP contribution in [-0.2, 0) is 4.74 Å². The zero-order chi connectivity index (χ0) is 19.6. The van der Waals surface area contributed by atoms with E-state index in [9.17, 15) is 18.0 Å². The molecular formula is C16H11F3IN3O4. The van der Waals surface area contributed by atoms with Crippen LogP contribution in [0.3, 0.4) is 0 Å². The summed E-state index contributed by atoms with van der Waals surface area (Å²) in [6.07, 6.45) is -1.57. The number of hydrogen-bond donors (Lipinski definition) is 0. The monoisotopic (exact) mass is 493 g/mol. The summed E-state index contributed by atoms with van der Waals surface area (Å²) in [4.78, 5) is 15.6. The van der Waals surface area contributed by atoms with Crippen molar-refractivity contribution < 1.29 is 32.2 Å². The fourth-order valence-electron chi connectivity index (χ4n) is 2.12. The van der Waals surface area contributed by atoms with Gasteiger partial charge in [0.15, 0.2) is 18.1 Å². The summed E-state index contributed by atoms with van der Waals surface area (Å²) in [6, 6.07) is 5.86. The fourth-order valence-corrected chi connectivity index (χ4v) is 2.85. The van der Waals surface area contributed by atoms with E-state index in [2.05, 4.69) is 14.8 Å². The number of alkyl halides is 3. The number of nitrogens with zero attached hydrogens (tertiary/aromatic N) is 3. The molecule has 142 valence electrons. The summed E-state index contributed by atoms with van der Waals surface area (Å²) in [7, 11) is 1.25. The van der Waals surface area contributed by atoms with Crippen molar-refractivity contribution >= 4 is 34.1 Å². The molecule has 0 fully saturated rings. The maximum Gasteiger partial charge on any atom is 0.422 e. The zero-order valence-corrected chi connectivity index (χ0v) is 15.8. The second kappa shape index (κ2) is 7.58. The minimum atomic E-state index is -4.48. The Balaban J connectivity index is 1.89. The Hall–Kier alpha value is -2.57. The quantitative estimate of drug-likeness (QED) is 0.397. The molecule has 0 aromatic carbocycles. The molecule has 0 aliphatic carbocycles. The van der Waals surface area contributed by atoms with Crippen molar-refractivity contribution in [1.29, 1.82) is 0 Å². The third-order valence-electron chi connectivity index (χ3n) is 3.27. The first-order chi connectivity index (χ1) is 12.8. The lowest BCUT2D eigenvalue weighted by Gasteiger charge is -2.12. The number of ether oxygens (including phenoxy) is 3. The molecule has 11 heteroatoms. The van der Waals surface area contributed by atoms with E-state index in [4.69, 9.17) is 9.47 Å². The molecule has 27 heavy (non-hydrogen) atoms. The van der Waals surface area contributed by atoms with Crippen LogP contribution in [0.15, 0.2) is 36.7 Å². The van der Waals surface area contributed by atoms with Crippen LogP contribution in [0.2, 0.25) is 0 Å². The van der Waals surface area contributed by atoms with E-state index in [1.54, 1.807) is 12.3 Å². The van der Waals surface area contributed by atoms with Crippen LogP contribution in [0, 0.1) is 3.57 Å². The second-order valence-corrected chi connectivity index (χ2v) is 6.24. The maximum atomic E-state index is 12.4. The van der Waals surface area contributed by atoms with Gasteiger partial charge in [0.05, 0.1) is 16.2 Å². The highest BCUT2D eigenvalue weighted by atomic mass is 127. The molecule has 0 atom stereocenters. The van der Waals surface area contributed by atoms with Gasteiger partial charge in [-0.1, -0.05) is 0 Å². The van der Waals surface area contributed by atoms with Crippen LogP contribution in [0.25, 0.3) is 5.52 Å². The number of aromatic nitrogens is 3. The first-order valence-corrected chi connectivity index (χ1v) is 8.45. The number of hydrogen-bond acceptors (Lipinski definition) is 6. The number of esters is 1. The Morgan fingerprint density at radius 1 is 1.33 bits per heavy atom.